The molecule has 0 aliphatic carbocycles. The van der Waals surface area contributed by atoms with Crippen molar-refractivity contribution in [3.8, 4) is 5.75 Å². The fourth-order valence-electron chi connectivity index (χ4n) is 1.71. The molecule has 0 aliphatic heterocycles. The molecule has 0 bridgehead atoms. The van der Waals surface area contributed by atoms with Gasteiger partial charge in [-0.15, -0.1) is 0 Å². The molecule has 0 aromatic heterocycles. The van der Waals surface area contributed by atoms with Crippen LogP contribution in [0.15, 0.2) is 53.4 Å². The summed E-state index contributed by atoms with van der Waals surface area (Å²) in [6.07, 6.45) is 0.623. The lowest BCUT2D eigenvalue weighted by molar-refractivity contribution is 0.318. The predicted octanol–water partition coefficient (Wildman–Crippen LogP) is 2.98. The maximum Gasteiger partial charge on any atom is 0.124 e. The second-order valence-corrected chi connectivity index (χ2v) is 5.85. The van der Waals surface area contributed by atoms with Crippen LogP contribution in [0.25, 0.3) is 0 Å². The molecule has 0 radical (unpaired) electrons. The maximum absolute atomic E-state index is 13.0. The van der Waals surface area contributed by atoms with Crippen LogP contribution in [0.4, 0.5) is 10.1 Å². The highest BCUT2D eigenvalue weighted by Gasteiger charge is 2.05. The first-order chi connectivity index (χ1) is 9.65. The lowest BCUT2D eigenvalue weighted by atomic mass is 10.3. The van der Waals surface area contributed by atoms with Crippen molar-refractivity contribution in [2.24, 2.45) is 0 Å². The van der Waals surface area contributed by atoms with Gasteiger partial charge in [0.1, 0.15) is 11.6 Å². The summed E-state index contributed by atoms with van der Waals surface area (Å²) >= 11 is 0. The van der Waals surface area contributed by atoms with Gasteiger partial charge in [0, 0.05) is 22.4 Å². The Kier molecular flexibility index (Phi) is 5.12. The van der Waals surface area contributed by atoms with Crippen LogP contribution in [0.1, 0.15) is 6.42 Å². The van der Waals surface area contributed by atoms with Crippen LogP contribution in [0, 0.1) is 5.82 Å². The van der Waals surface area contributed by atoms with Crippen LogP contribution in [-0.2, 0) is 10.8 Å². The van der Waals surface area contributed by atoms with E-state index in [0.29, 0.717) is 35.1 Å². The number of halogens is 1. The minimum absolute atomic E-state index is 0.369. The van der Waals surface area contributed by atoms with E-state index in [4.69, 9.17) is 10.5 Å². The van der Waals surface area contributed by atoms with E-state index < -0.39 is 10.8 Å². The molecule has 1 unspecified atom stereocenters. The summed E-state index contributed by atoms with van der Waals surface area (Å²) in [5, 5.41) is 0. The second kappa shape index (κ2) is 7.05. The van der Waals surface area contributed by atoms with Gasteiger partial charge in [-0.3, -0.25) is 4.21 Å². The Morgan fingerprint density at radius 3 is 2.70 bits per heavy atom. The molecule has 3 nitrogen and oxygen atoms in total. The molecule has 106 valence electrons. The molecule has 2 N–H and O–H groups in total. The van der Waals surface area contributed by atoms with Gasteiger partial charge in [-0.05, 0) is 36.8 Å². The van der Waals surface area contributed by atoms with E-state index in [1.165, 1.54) is 12.1 Å². The zero-order valence-corrected chi connectivity index (χ0v) is 11.7. The van der Waals surface area contributed by atoms with E-state index in [9.17, 15) is 8.60 Å². The van der Waals surface area contributed by atoms with Crippen molar-refractivity contribution in [1.82, 2.24) is 0 Å². The van der Waals surface area contributed by atoms with Crippen LogP contribution in [-0.4, -0.2) is 16.6 Å². The van der Waals surface area contributed by atoms with E-state index in [1.54, 1.807) is 24.3 Å². The SMILES string of the molecule is Nc1cccc(OCCCS(=O)c2cccc(F)c2)c1. The van der Waals surface area contributed by atoms with Crippen molar-refractivity contribution in [2.45, 2.75) is 11.3 Å². The van der Waals surface area contributed by atoms with Gasteiger partial charge in [0.2, 0.25) is 0 Å². The highest BCUT2D eigenvalue weighted by molar-refractivity contribution is 7.85. The molecule has 0 amide bonds. The Morgan fingerprint density at radius 1 is 1.15 bits per heavy atom. The number of nitrogens with two attached hydrogens (primary N) is 1. The summed E-state index contributed by atoms with van der Waals surface area (Å²) in [7, 11) is -1.20. The van der Waals surface area contributed by atoms with Crippen molar-refractivity contribution >= 4 is 16.5 Å². The van der Waals surface area contributed by atoms with Crippen molar-refractivity contribution in [1.29, 1.82) is 0 Å². The topological polar surface area (TPSA) is 52.3 Å². The van der Waals surface area contributed by atoms with Gasteiger partial charge < -0.3 is 10.5 Å². The molecule has 0 saturated carbocycles. The monoisotopic (exact) mass is 293 g/mol. The first kappa shape index (κ1) is 14.5. The summed E-state index contributed by atoms with van der Waals surface area (Å²) in [6, 6.07) is 13.0. The number of anilines is 1. The van der Waals surface area contributed by atoms with Crippen LogP contribution >= 0.6 is 0 Å². The van der Waals surface area contributed by atoms with Crippen LogP contribution in [0.2, 0.25) is 0 Å². The Morgan fingerprint density at radius 2 is 1.95 bits per heavy atom. The Labute approximate surface area is 120 Å². The fourth-order valence-corrected chi connectivity index (χ4v) is 2.80. The highest BCUT2D eigenvalue weighted by Crippen LogP contribution is 2.15. The molecule has 0 heterocycles. The number of hydrogen-bond acceptors (Lipinski definition) is 3. The van der Waals surface area contributed by atoms with Crippen molar-refractivity contribution in [3.05, 3.63) is 54.3 Å². The van der Waals surface area contributed by atoms with Crippen LogP contribution in [0.5, 0.6) is 5.75 Å². The summed E-state index contributed by atoms with van der Waals surface area (Å²) in [6.45, 7) is 0.449. The maximum atomic E-state index is 13.0. The minimum Gasteiger partial charge on any atom is -0.493 e. The molecular formula is C15H16FNO2S. The van der Waals surface area contributed by atoms with Gasteiger partial charge in [-0.1, -0.05) is 12.1 Å². The third-order valence-electron chi connectivity index (χ3n) is 2.66. The largest absolute Gasteiger partial charge is 0.493 e. The summed E-state index contributed by atoms with van der Waals surface area (Å²) in [4.78, 5) is 0.508. The summed E-state index contributed by atoms with van der Waals surface area (Å²) in [5.74, 6) is 0.763. The smallest absolute Gasteiger partial charge is 0.124 e. The van der Waals surface area contributed by atoms with E-state index in [1.807, 2.05) is 12.1 Å². The lowest BCUT2D eigenvalue weighted by Crippen LogP contribution is -2.05. The van der Waals surface area contributed by atoms with Gasteiger partial charge in [0.05, 0.1) is 17.4 Å². The average Bonchev–Trinajstić information content (AvgIpc) is 2.43. The number of nitrogen functional groups attached to an aromatic ring is 1. The van der Waals surface area contributed by atoms with Crippen molar-refractivity contribution in [3.63, 3.8) is 0 Å². The summed E-state index contributed by atoms with van der Waals surface area (Å²) in [5.41, 5.74) is 6.28. The third-order valence-corrected chi connectivity index (χ3v) is 4.10. The Balaban J connectivity index is 1.77. The molecule has 0 spiro atoms. The van der Waals surface area contributed by atoms with Crippen molar-refractivity contribution in [2.75, 3.05) is 18.1 Å². The van der Waals surface area contributed by atoms with Gasteiger partial charge in [-0.2, -0.15) is 0 Å². The molecule has 20 heavy (non-hydrogen) atoms. The van der Waals surface area contributed by atoms with Gasteiger partial charge >= 0.3 is 0 Å². The highest BCUT2D eigenvalue weighted by atomic mass is 32.2. The Hall–Kier alpha value is -1.88. The number of rotatable bonds is 6. The number of ether oxygens (including phenoxy) is 1. The molecule has 2 aromatic rings. The van der Waals surface area contributed by atoms with E-state index in [0.717, 1.165) is 0 Å². The quantitative estimate of drug-likeness (QED) is 0.658. The Bertz CT molecular complexity index is 604. The number of benzene rings is 2. The van der Waals surface area contributed by atoms with Crippen molar-refractivity contribution < 1.29 is 13.3 Å². The van der Waals surface area contributed by atoms with E-state index in [-0.39, 0.29) is 5.82 Å². The first-order valence-electron chi connectivity index (χ1n) is 6.27. The molecular weight excluding hydrogens is 277 g/mol. The summed E-state index contributed by atoms with van der Waals surface area (Å²) < 4.78 is 30.4. The lowest BCUT2D eigenvalue weighted by Gasteiger charge is -2.07. The zero-order valence-electron chi connectivity index (χ0n) is 10.9. The molecule has 2 aromatic carbocycles. The molecule has 0 fully saturated rings. The first-order valence-corrected chi connectivity index (χ1v) is 7.59. The van der Waals surface area contributed by atoms with Gasteiger partial charge in [0.15, 0.2) is 0 Å². The molecule has 2 rings (SSSR count). The van der Waals surface area contributed by atoms with E-state index in [2.05, 4.69) is 0 Å². The normalized spacial score (nSPS) is 12.1. The van der Waals surface area contributed by atoms with Gasteiger partial charge in [0.25, 0.3) is 0 Å². The average molecular weight is 293 g/mol. The van der Waals surface area contributed by atoms with E-state index >= 15 is 0 Å². The predicted molar refractivity (Wildman–Crippen MR) is 78.6 cm³/mol. The van der Waals surface area contributed by atoms with Crippen LogP contribution < -0.4 is 10.5 Å². The fraction of sp³-hybridized carbons (Fsp3) is 0.200. The third kappa shape index (κ3) is 4.35. The second-order valence-electron chi connectivity index (χ2n) is 4.28. The minimum atomic E-state index is -1.20. The van der Waals surface area contributed by atoms with Gasteiger partial charge in [-0.25, -0.2) is 4.39 Å². The molecule has 0 saturated heterocycles. The molecule has 1 atom stereocenters. The van der Waals surface area contributed by atoms with Crippen LogP contribution in [0.3, 0.4) is 0 Å². The zero-order chi connectivity index (χ0) is 14.4. The molecule has 5 heteroatoms. The standard InChI is InChI=1S/C15H16FNO2S/c16-12-4-1-7-15(10-12)20(18)9-3-8-19-14-6-2-5-13(17)11-14/h1-2,4-7,10-11H,3,8-9,17H2. The molecule has 0 aliphatic rings. The number of hydrogen-bond donors (Lipinski definition) is 1.